The summed E-state index contributed by atoms with van der Waals surface area (Å²) in [4.78, 5) is 13.4. The molecule has 0 spiro atoms. The first-order valence-corrected chi connectivity index (χ1v) is 4.54. The first-order valence-electron chi connectivity index (χ1n) is 4.54. The molecular formula is C9H13NO2. The smallest absolute Gasteiger partial charge is 0.416 e. The molecule has 12 heavy (non-hydrogen) atoms. The summed E-state index contributed by atoms with van der Waals surface area (Å²) in [6, 6.07) is 0. The van der Waals surface area contributed by atoms with Gasteiger partial charge in [0.15, 0.2) is 0 Å². The molecule has 1 aliphatic rings. The van der Waals surface area contributed by atoms with Crippen LogP contribution in [0.1, 0.15) is 43.7 Å². The Balaban J connectivity index is 2.13. The van der Waals surface area contributed by atoms with Gasteiger partial charge in [0.25, 0.3) is 0 Å². The van der Waals surface area contributed by atoms with Crippen LogP contribution in [0.3, 0.4) is 0 Å². The van der Waals surface area contributed by atoms with E-state index in [4.69, 9.17) is 4.42 Å². The van der Waals surface area contributed by atoms with E-state index in [1.807, 2.05) is 0 Å². The van der Waals surface area contributed by atoms with Crippen molar-refractivity contribution in [1.29, 1.82) is 0 Å². The third kappa shape index (κ3) is 1.44. The number of aromatic amines is 1. The molecule has 0 amide bonds. The maximum atomic E-state index is 10.7. The quantitative estimate of drug-likeness (QED) is 0.695. The van der Waals surface area contributed by atoms with Gasteiger partial charge in [-0.25, -0.2) is 4.79 Å². The maximum absolute atomic E-state index is 10.7. The summed E-state index contributed by atoms with van der Waals surface area (Å²) in [5.41, 5.74) is 0.986. The number of nitrogens with one attached hydrogen (secondary N) is 1. The number of hydrogen-bond donors (Lipinski definition) is 1. The highest BCUT2D eigenvalue weighted by Gasteiger charge is 2.17. The molecule has 1 aliphatic carbocycles. The highest BCUT2D eigenvalue weighted by molar-refractivity contribution is 5.01. The van der Waals surface area contributed by atoms with Crippen LogP contribution in [0.4, 0.5) is 0 Å². The van der Waals surface area contributed by atoms with E-state index < -0.39 is 0 Å². The van der Waals surface area contributed by atoms with Gasteiger partial charge in [0.1, 0.15) is 6.26 Å². The molecule has 3 nitrogen and oxygen atoms in total. The lowest BCUT2D eigenvalue weighted by atomic mass is 9.87. The minimum Gasteiger partial charge on any atom is -0.416 e. The lowest BCUT2D eigenvalue weighted by Gasteiger charge is -2.19. The second-order valence-corrected chi connectivity index (χ2v) is 3.44. The second-order valence-electron chi connectivity index (χ2n) is 3.44. The van der Waals surface area contributed by atoms with Crippen molar-refractivity contribution in [1.82, 2.24) is 4.98 Å². The molecule has 0 saturated heterocycles. The Labute approximate surface area is 70.8 Å². The van der Waals surface area contributed by atoms with E-state index in [0.29, 0.717) is 5.92 Å². The Hall–Kier alpha value is -0.990. The Morgan fingerprint density at radius 2 is 2.08 bits per heavy atom. The van der Waals surface area contributed by atoms with Crippen LogP contribution in [0.2, 0.25) is 0 Å². The number of hydrogen-bond acceptors (Lipinski definition) is 2. The first kappa shape index (κ1) is 7.65. The van der Waals surface area contributed by atoms with Crippen molar-refractivity contribution < 1.29 is 4.42 Å². The van der Waals surface area contributed by atoms with E-state index in [2.05, 4.69) is 4.98 Å². The van der Waals surface area contributed by atoms with Crippen LogP contribution in [0.5, 0.6) is 0 Å². The zero-order valence-corrected chi connectivity index (χ0v) is 7.01. The highest BCUT2D eigenvalue weighted by atomic mass is 16.4. The van der Waals surface area contributed by atoms with Crippen molar-refractivity contribution in [2.24, 2.45) is 0 Å². The lowest BCUT2D eigenvalue weighted by molar-refractivity contribution is 0.435. The van der Waals surface area contributed by atoms with Crippen molar-refractivity contribution in [3.8, 4) is 0 Å². The summed E-state index contributed by atoms with van der Waals surface area (Å²) in [7, 11) is 0. The molecule has 0 unspecified atom stereocenters. The average molecular weight is 167 g/mol. The van der Waals surface area contributed by atoms with Crippen LogP contribution in [-0.4, -0.2) is 4.98 Å². The Kier molecular flexibility index (Phi) is 2.02. The van der Waals surface area contributed by atoms with Gasteiger partial charge in [0.05, 0.1) is 5.69 Å². The normalized spacial score (nSPS) is 19.7. The van der Waals surface area contributed by atoms with Crippen LogP contribution in [0.15, 0.2) is 15.5 Å². The standard InChI is InChI=1S/C9H13NO2/c11-9-10-8(6-12-9)7-4-2-1-3-5-7/h6-7H,1-5H2,(H,10,11). The molecule has 0 bridgehead atoms. The largest absolute Gasteiger partial charge is 0.416 e. The monoisotopic (exact) mass is 167 g/mol. The number of H-pyrrole nitrogens is 1. The fourth-order valence-corrected chi connectivity index (χ4v) is 1.91. The van der Waals surface area contributed by atoms with Crippen LogP contribution in [-0.2, 0) is 0 Å². The summed E-state index contributed by atoms with van der Waals surface area (Å²) in [5.74, 6) is 0.209. The van der Waals surface area contributed by atoms with Gasteiger partial charge in [-0.3, -0.25) is 4.98 Å². The minimum absolute atomic E-state index is 0.324. The van der Waals surface area contributed by atoms with Crippen LogP contribution in [0.25, 0.3) is 0 Å². The maximum Gasteiger partial charge on any atom is 0.416 e. The molecule has 0 aliphatic heterocycles. The second kappa shape index (κ2) is 3.17. The predicted molar refractivity (Wildman–Crippen MR) is 45.2 cm³/mol. The summed E-state index contributed by atoms with van der Waals surface area (Å²) < 4.78 is 4.71. The third-order valence-corrected chi connectivity index (χ3v) is 2.58. The molecule has 1 saturated carbocycles. The van der Waals surface area contributed by atoms with Gasteiger partial charge in [-0.05, 0) is 12.8 Å². The van der Waals surface area contributed by atoms with Gasteiger partial charge in [0.2, 0.25) is 0 Å². The molecule has 1 aromatic heterocycles. The van der Waals surface area contributed by atoms with E-state index in [1.54, 1.807) is 6.26 Å². The van der Waals surface area contributed by atoms with Crippen LogP contribution in [0, 0.1) is 0 Å². The average Bonchev–Trinajstić information content (AvgIpc) is 2.54. The van der Waals surface area contributed by atoms with E-state index in [0.717, 1.165) is 5.69 Å². The first-order chi connectivity index (χ1) is 5.86. The Bertz CT molecular complexity index is 293. The number of oxazole rings is 1. The summed E-state index contributed by atoms with van der Waals surface area (Å²) >= 11 is 0. The molecule has 1 N–H and O–H groups in total. The molecule has 2 rings (SSSR count). The molecule has 0 radical (unpaired) electrons. The summed E-state index contributed by atoms with van der Waals surface area (Å²) in [6.45, 7) is 0. The van der Waals surface area contributed by atoms with Gasteiger partial charge in [0, 0.05) is 5.92 Å². The lowest BCUT2D eigenvalue weighted by Crippen LogP contribution is -2.06. The molecule has 3 heteroatoms. The van der Waals surface area contributed by atoms with E-state index in [-0.39, 0.29) is 5.76 Å². The zero-order valence-electron chi connectivity index (χ0n) is 7.01. The zero-order chi connectivity index (χ0) is 8.39. The molecule has 1 aromatic rings. The van der Waals surface area contributed by atoms with Gasteiger partial charge in [-0.2, -0.15) is 0 Å². The van der Waals surface area contributed by atoms with Crippen molar-refractivity contribution in [2.45, 2.75) is 38.0 Å². The summed E-state index contributed by atoms with van der Waals surface area (Å²) in [5, 5.41) is 0. The Morgan fingerprint density at radius 1 is 1.33 bits per heavy atom. The highest BCUT2D eigenvalue weighted by Crippen LogP contribution is 2.30. The van der Waals surface area contributed by atoms with Crippen molar-refractivity contribution in [2.75, 3.05) is 0 Å². The summed E-state index contributed by atoms with van der Waals surface area (Å²) in [6.07, 6.45) is 7.83. The molecule has 0 atom stereocenters. The molecule has 1 fully saturated rings. The molecular weight excluding hydrogens is 154 g/mol. The fourth-order valence-electron chi connectivity index (χ4n) is 1.91. The van der Waals surface area contributed by atoms with Crippen LogP contribution >= 0.6 is 0 Å². The number of rotatable bonds is 1. The minimum atomic E-state index is -0.324. The van der Waals surface area contributed by atoms with Gasteiger partial charge in [-0.15, -0.1) is 0 Å². The van der Waals surface area contributed by atoms with E-state index in [1.165, 1.54) is 32.1 Å². The molecule has 1 heterocycles. The van der Waals surface area contributed by atoms with Gasteiger partial charge < -0.3 is 4.42 Å². The Morgan fingerprint density at radius 3 is 2.67 bits per heavy atom. The van der Waals surface area contributed by atoms with Crippen molar-refractivity contribution in [3.63, 3.8) is 0 Å². The van der Waals surface area contributed by atoms with Crippen molar-refractivity contribution >= 4 is 0 Å². The molecule has 0 aromatic carbocycles. The van der Waals surface area contributed by atoms with Gasteiger partial charge in [-0.1, -0.05) is 19.3 Å². The van der Waals surface area contributed by atoms with Gasteiger partial charge >= 0.3 is 5.76 Å². The molecule has 66 valence electrons. The van der Waals surface area contributed by atoms with Crippen molar-refractivity contribution in [3.05, 3.63) is 22.5 Å². The number of aromatic nitrogens is 1. The predicted octanol–water partition coefficient (Wildman–Crippen LogP) is 2.02. The van der Waals surface area contributed by atoms with Crippen LogP contribution < -0.4 is 5.76 Å². The fraction of sp³-hybridized carbons (Fsp3) is 0.667. The van der Waals surface area contributed by atoms with E-state index in [9.17, 15) is 4.79 Å². The topological polar surface area (TPSA) is 46.0 Å². The van der Waals surface area contributed by atoms with E-state index >= 15 is 0 Å². The SMILES string of the molecule is O=c1[nH]c(C2CCCCC2)co1. The third-order valence-electron chi connectivity index (χ3n) is 2.58.